The maximum absolute atomic E-state index is 11.8. The molecule has 1 aromatic carbocycles. The lowest BCUT2D eigenvalue weighted by Gasteiger charge is -2.41. The molecule has 1 aliphatic heterocycles. The van der Waals surface area contributed by atoms with Crippen molar-refractivity contribution in [2.75, 3.05) is 11.9 Å². The first kappa shape index (κ1) is 16.9. The predicted molar refractivity (Wildman–Crippen MR) is 90.0 cm³/mol. The number of fused-ring (bicyclic) bond motifs is 1. The van der Waals surface area contributed by atoms with Crippen LogP contribution in [0.5, 0.6) is 0 Å². The first-order valence-electron chi connectivity index (χ1n) is 7.91. The van der Waals surface area contributed by atoms with Crippen LogP contribution in [0.2, 0.25) is 0 Å². The number of aliphatic hydroxyl groups is 3. The third kappa shape index (κ3) is 2.91. The number of hydrogen-bond acceptors (Lipinski definition) is 6. The van der Waals surface area contributed by atoms with E-state index in [0.29, 0.717) is 5.69 Å². The van der Waals surface area contributed by atoms with Crippen molar-refractivity contribution in [2.24, 2.45) is 7.05 Å². The molecule has 7 heteroatoms. The second kappa shape index (κ2) is 6.52. The van der Waals surface area contributed by atoms with Crippen LogP contribution in [0.25, 0.3) is 10.9 Å². The highest BCUT2D eigenvalue weighted by molar-refractivity contribution is 5.82. The molecule has 4 N–H and O–H groups in total. The number of ether oxygens (including phenoxy) is 1. The standard InChI is InChI=1S/C17H22N2O5/c1-9-15(17(23)16(22)13(8-20)24-9)18-11-5-3-10-4-6-14(21)19(2)12(10)7-11/h3-7,9,13,15-18,20,22-23H,8H2,1-2H3. The molecule has 0 saturated carbocycles. The molecule has 5 atom stereocenters. The molecule has 0 amide bonds. The van der Waals surface area contributed by atoms with Crippen molar-refractivity contribution in [1.29, 1.82) is 0 Å². The lowest BCUT2D eigenvalue weighted by atomic mass is 9.93. The fourth-order valence-corrected chi connectivity index (χ4v) is 3.15. The minimum Gasteiger partial charge on any atom is -0.394 e. The lowest BCUT2D eigenvalue weighted by molar-refractivity contribution is -0.180. The summed E-state index contributed by atoms with van der Waals surface area (Å²) in [6.45, 7) is 1.42. The van der Waals surface area contributed by atoms with Crippen LogP contribution in [-0.4, -0.2) is 57.0 Å². The number of aromatic nitrogens is 1. The van der Waals surface area contributed by atoms with E-state index in [1.165, 1.54) is 6.07 Å². The summed E-state index contributed by atoms with van der Waals surface area (Å²) in [6.07, 6.45) is -3.46. The highest BCUT2D eigenvalue weighted by Gasteiger charge is 2.42. The summed E-state index contributed by atoms with van der Waals surface area (Å²) < 4.78 is 7.11. The Morgan fingerprint density at radius 3 is 2.62 bits per heavy atom. The monoisotopic (exact) mass is 334 g/mol. The average Bonchev–Trinajstić information content (AvgIpc) is 2.58. The minimum absolute atomic E-state index is 0.102. The fourth-order valence-electron chi connectivity index (χ4n) is 3.15. The summed E-state index contributed by atoms with van der Waals surface area (Å²) in [4.78, 5) is 11.8. The molecule has 1 fully saturated rings. The van der Waals surface area contributed by atoms with Gasteiger partial charge in [-0.3, -0.25) is 4.79 Å². The summed E-state index contributed by atoms with van der Waals surface area (Å²) >= 11 is 0. The van der Waals surface area contributed by atoms with Gasteiger partial charge in [-0.2, -0.15) is 0 Å². The molecule has 24 heavy (non-hydrogen) atoms. The van der Waals surface area contributed by atoms with Gasteiger partial charge in [0.25, 0.3) is 5.56 Å². The van der Waals surface area contributed by atoms with E-state index >= 15 is 0 Å². The first-order chi connectivity index (χ1) is 11.4. The lowest BCUT2D eigenvalue weighted by Crippen LogP contribution is -2.60. The summed E-state index contributed by atoms with van der Waals surface area (Å²) in [6, 6.07) is 8.28. The summed E-state index contributed by atoms with van der Waals surface area (Å²) in [5.41, 5.74) is 1.37. The molecule has 2 heterocycles. The van der Waals surface area contributed by atoms with E-state index in [1.54, 1.807) is 24.6 Å². The molecular weight excluding hydrogens is 312 g/mol. The number of rotatable bonds is 3. The summed E-state index contributed by atoms with van der Waals surface area (Å²) in [5, 5.41) is 33.6. The SMILES string of the molecule is CC1OC(CO)C(O)C(O)C1Nc1ccc2ccc(=O)n(C)c2c1. The predicted octanol–water partition coefficient (Wildman–Crippen LogP) is -0.180. The van der Waals surface area contributed by atoms with Crippen molar-refractivity contribution in [3.05, 3.63) is 40.7 Å². The van der Waals surface area contributed by atoms with Crippen LogP contribution in [-0.2, 0) is 11.8 Å². The van der Waals surface area contributed by atoms with Gasteiger partial charge in [0.15, 0.2) is 0 Å². The van der Waals surface area contributed by atoms with Crippen LogP contribution in [0.4, 0.5) is 5.69 Å². The van der Waals surface area contributed by atoms with Crippen LogP contribution >= 0.6 is 0 Å². The van der Waals surface area contributed by atoms with E-state index in [9.17, 15) is 20.1 Å². The highest BCUT2D eigenvalue weighted by atomic mass is 16.5. The quantitative estimate of drug-likeness (QED) is 0.621. The second-order valence-corrected chi connectivity index (χ2v) is 6.22. The number of nitrogens with one attached hydrogen (secondary N) is 1. The van der Waals surface area contributed by atoms with Gasteiger partial charge in [-0.15, -0.1) is 0 Å². The van der Waals surface area contributed by atoms with Gasteiger partial charge < -0.3 is 29.9 Å². The molecule has 0 spiro atoms. The molecule has 0 radical (unpaired) electrons. The number of aryl methyl sites for hydroxylation is 1. The van der Waals surface area contributed by atoms with Gasteiger partial charge in [0, 0.05) is 18.8 Å². The van der Waals surface area contributed by atoms with Crippen LogP contribution < -0.4 is 10.9 Å². The van der Waals surface area contributed by atoms with Crippen molar-refractivity contribution in [2.45, 2.75) is 37.4 Å². The van der Waals surface area contributed by atoms with Crippen molar-refractivity contribution in [3.63, 3.8) is 0 Å². The second-order valence-electron chi connectivity index (χ2n) is 6.22. The maximum atomic E-state index is 11.8. The Hall–Kier alpha value is -1.93. The van der Waals surface area contributed by atoms with Gasteiger partial charge in [0.2, 0.25) is 0 Å². The van der Waals surface area contributed by atoms with E-state index in [4.69, 9.17) is 4.74 Å². The zero-order chi connectivity index (χ0) is 17.4. The Labute approximate surface area is 139 Å². The van der Waals surface area contributed by atoms with E-state index in [-0.39, 0.29) is 12.2 Å². The fraction of sp³-hybridized carbons (Fsp3) is 0.471. The maximum Gasteiger partial charge on any atom is 0.250 e. The molecule has 0 bridgehead atoms. The highest BCUT2D eigenvalue weighted by Crippen LogP contribution is 2.25. The van der Waals surface area contributed by atoms with Crippen molar-refractivity contribution >= 4 is 16.6 Å². The Kier molecular flexibility index (Phi) is 4.60. The topological polar surface area (TPSA) is 104 Å². The number of pyridine rings is 1. The molecule has 3 rings (SSSR count). The summed E-state index contributed by atoms with van der Waals surface area (Å²) in [7, 11) is 1.70. The normalized spacial score (nSPS) is 30.5. The van der Waals surface area contributed by atoms with Crippen LogP contribution in [0.1, 0.15) is 6.92 Å². The van der Waals surface area contributed by atoms with Crippen molar-refractivity contribution in [1.82, 2.24) is 4.57 Å². The molecule has 1 aliphatic rings. The third-order valence-corrected chi connectivity index (χ3v) is 4.64. The minimum atomic E-state index is -1.17. The van der Waals surface area contributed by atoms with E-state index in [2.05, 4.69) is 5.32 Å². The smallest absolute Gasteiger partial charge is 0.250 e. The average molecular weight is 334 g/mol. The van der Waals surface area contributed by atoms with Crippen molar-refractivity contribution in [3.8, 4) is 0 Å². The van der Waals surface area contributed by atoms with Crippen LogP contribution in [0.3, 0.4) is 0 Å². The zero-order valence-corrected chi connectivity index (χ0v) is 13.6. The van der Waals surface area contributed by atoms with Gasteiger partial charge >= 0.3 is 0 Å². The molecular formula is C17H22N2O5. The Balaban J connectivity index is 1.89. The van der Waals surface area contributed by atoms with Gasteiger partial charge in [-0.1, -0.05) is 6.07 Å². The first-order valence-corrected chi connectivity index (χ1v) is 7.91. The molecule has 1 saturated heterocycles. The third-order valence-electron chi connectivity index (χ3n) is 4.64. The zero-order valence-electron chi connectivity index (χ0n) is 13.6. The van der Waals surface area contributed by atoms with E-state index < -0.39 is 30.5 Å². The largest absolute Gasteiger partial charge is 0.394 e. The number of aliphatic hydroxyl groups excluding tert-OH is 3. The van der Waals surface area contributed by atoms with Crippen molar-refractivity contribution < 1.29 is 20.1 Å². The molecule has 0 aliphatic carbocycles. The van der Waals surface area contributed by atoms with Gasteiger partial charge in [0.05, 0.1) is 24.3 Å². The Morgan fingerprint density at radius 2 is 1.92 bits per heavy atom. The molecule has 2 aromatic rings. The number of anilines is 1. The molecule has 5 unspecified atom stereocenters. The van der Waals surface area contributed by atoms with Crippen LogP contribution in [0, 0.1) is 0 Å². The van der Waals surface area contributed by atoms with Gasteiger partial charge in [-0.25, -0.2) is 0 Å². The molecule has 7 nitrogen and oxygen atoms in total. The van der Waals surface area contributed by atoms with E-state index in [1.807, 2.05) is 18.2 Å². The summed E-state index contributed by atoms with van der Waals surface area (Å²) in [5.74, 6) is 0. The number of nitrogens with zero attached hydrogens (tertiary/aromatic N) is 1. The number of benzene rings is 1. The van der Waals surface area contributed by atoms with Crippen LogP contribution in [0.15, 0.2) is 35.1 Å². The van der Waals surface area contributed by atoms with Gasteiger partial charge in [-0.05, 0) is 30.5 Å². The van der Waals surface area contributed by atoms with E-state index in [0.717, 1.165) is 10.9 Å². The number of hydrogen-bond donors (Lipinski definition) is 4. The molecule has 1 aromatic heterocycles. The van der Waals surface area contributed by atoms with Gasteiger partial charge in [0.1, 0.15) is 18.3 Å². The Morgan fingerprint density at radius 1 is 1.21 bits per heavy atom. The Bertz CT molecular complexity index is 790. The molecule has 130 valence electrons.